The predicted octanol–water partition coefficient (Wildman–Crippen LogP) is 3.41. The molecule has 3 rings (SSSR count). The summed E-state index contributed by atoms with van der Waals surface area (Å²) in [4.78, 5) is 14.3. The number of rotatable bonds is 9. The van der Waals surface area contributed by atoms with Crippen LogP contribution in [0.4, 0.5) is 0 Å². The zero-order valence-electron chi connectivity index (χ0n) is 15.5. The molecule has 1 heterocycles. The van der Waals surface area contributed by atoms with E-state index in [1.54, 1.807) is 7.11 Å². The smallest absolute Gasteiger partial charge is 0.222 e. The molecule has 1 aliphatic rings. The van der Waals surface area contributed by atoms with Gasteiger partial charge in [0.05, 0.1) is 7.11 Å². The zero-order valence-corrected chi connectivity index (χ0v) is 15.5. The van der Waals surface area contributed by atoms with Crippen LogP contribution in [0.25, 0.3) is 0 Å². The van der Waals surface area contributed by atoms with Crippen LogP contribution >= 0.6 is 0 Å². The van der Waals surface area contributed by atoms with Gasteiger partial charge in [-0.2, -0.15) is 0 Å². The molecule has 138 valence electrons. The fraction of sp³-hybridized carbons (Fsp3) is 0.409. The van der Waals surface area contributed by atoms with Crippen LogP contribution < -0.4 is 10.1 Å². The van der Waals surface area contributed by atoms with E-state index in [1.807, 2.05) is 18.2 Å². The average molecular weight is 352 g/mol. The summed E-state index contributed by atoms with van der Waals surface area (Å²) in [5.74, 6) is 1.19. The highest BCUT2D eigenvalue weighted by molar-refractivity contribution is 5.78. The second-order valence-corrected chi connectivity index (χ2v) is 6.83. The van der Waals surface area contributed by atoms with Crippen LogP contribution in [-0.4, -0.2) is 37.0 Å². The summed E-state index contributed by atoms with van der Waals surface area (Å²) in [5.41, 5.74) is 2.51. The lowest BCUT2D eigenvalue weighted by molar-refractivity contribution is -0.129. The second kappa shape index (κ2) is 9.39. The van der Waals surface area contributed by atoms with Crippen molar-refractivity contribution in [2.45, 2.75) is 38.3 Å². The minimum absolute atomic E-state index is 0.304. The zero-order chi connectivity index (χ0) is 18.2. The number of carbonyl (C=O) groups excluding carboxylic acids is 1. The van der Waals surface area contributed by atoms with E-state index >= 15 is 0 Å². The number of hydrogen-bond donors (Lipinski definition) is 1. The molecule has 0 radical (unpaired) electrons. The first-order valence-corrected chi connectivity index (χ1v) is 9.43. The van der Waals surface area contributed by atoms with Gasteiger partial charge < -0.3 is 15.0 Å². The first kappa shape index (κ1) is 18.5. The van der Waals surface area contributed by atoms with Crippen LogP contribution in [0.1, 0.15) is 30.4 Å². The first-order valence-electron chi connectivity index (χ1n) is 9.43. The quantitative estimate of drug-likeness (QED) is 0.703. The lowest BCUT2D eigenvalue weighted by Crippen LogP contribution is -2.36. The summed E-state index contributed by atoms with van der Waals surface area (Å²) in [6, 6.07) is 18.9. The van der Waals surface area contributed by atoms with E-state index in [9.17, 15) is 4.79 Å². The minimum Gasteiger partial charge on any atom is -0.497 e. The first-order chi connectivity index (χ1) is 12.8. The predicted molar refractivity (Wildman–Crippen MR) is 104 cm³/mol. The highest BCUT2D eigenvalue weighted by atomic mass is 16.5. The van der Waals surface area contributed by atoms with Gasteiger partial charge in [0, 0.05) is 25.6 Å². The summed E-state index contributed by atoms with van der Waals surface area (Å²) in [6.07, 6.45) is 3.61. The van der Waals surface area contributed by atoms with Gasteiger partial charge in [0.2, 0.25) is 5.91 Å². The van der Waals surface area contributed by atoms with Crippen molar-refractivity contribution >= 4 is 5.91 Å². The molecular weight excluding hydrogens is 324 g/mol. The number of methoxy groups -OCH3 is 1. The SMILES string of the molecule is COc1cccc(CNCC[C@H]2CCC(=O)N2CCc2ccccc2)c1. The molecule has 0 spiro atoms. The van der Waals surface area contributed by atoms with Gasteiger partial charge in [-0.05, 0) is 49.1 Å². The maximum Gasteiger partial charge on any atom is 0.222 e. The Hall–Kier alpha value is -2.33. The van der Waals surface area contributed by atoms with Gasteiger partial charge in [-0.25, -0.2) is 0 Å². The fourth-order valence-corrected chi connectivity index (χ4v) is 3.58. The third-order valence-electron chi connectivity index (χ3n) is 5.05. The van der Waals surface area contributed by atoms with Gasteiger partial charge in [0.25, 0.3) is 0 Å². The molecule has 1 atom stereocenters. The Morgan fingerprint density at radius 2 is 1.92 bits per heavy atom. The van der Waals surface area contributed by atoms with Crippen molar-refractivity contribution in [1.82, 2.24) is 10.2 Å². The van der Waals surface area contributed by atoms with E-state index in [-0.39, 0.29) is 0 Å². The van der Waals surface area contributed by atoms with E-state index in [4.69, 9.17) is 4.74 Å². The van der Waals surface area contributed by atoms with E-state index in [0.717, 1.165) is 44.6 Å². The second-order valence-electron chi connectivity index (χ2n) is 6.83. The molecule has 0 bridgehead atoms. The molecule has 0 aromatic heterocycles. The Morgan fingerprint density at radius 1 is 1.12 bits per heavy atom. The number of nitrogens with zero attached hydrogens (tertiary/aromatic N) is 1. The van der Waals surface area contributed by atoms with Crippen molar-refractivity contribution in [3.63, 3.8) is 0 Å². The molecule has 0 aliphatic carbocycles. The summed E-state index contributed by atoms with van der Waals surface area (Å²) < 4.78 is 5.26. The molecule has 1 fully saturated rings. The summed E-state index contributed by atoms with van der Waals surface area (Å²) in [7, 11) is 1.69. The molecule has 2 aromatic rings. The van der Waals surface area contributed by atoms with Crippen molar-refractivity contribution in [3.8, 4) is 5.75 Å². The number of hydrogen-bond acceptors (Lipinski definition) is 3. The van der Waals surface area contributed by atoms with Gasteiger partial charge in [-0.3, -0.25) is 4.79 Å². The monoisotopic (exact) mass is 352 g/mol. The molecule has 1 aliphatic heterocycles. The third-order valence-corrected chi connectivity index (χ3v) is 5.05. The van der Waals surface area contributed by atoms with Gasteiger partial charge in [-0.15, -0.1) is 0 Å². The Bertz CT molecular complexity index is 702. The average Bonchev–Trinajstić information content (AvgIpc) is 3.04. The highest BCUT2D eigenvalue weighted by Gasteiger charge is 2.29. The lowest BCUT2D eigenvalue weighted by atomic mass is 10.1. The summed E-state index contributed by atoms with van der Waals surface area (Å²) in [5, 5.41) is 3.50. The normalized spacial score (nSPS) is 16.9. The Balaban J connectivity index is 1.43. The van der Waals surface area contributed by atoms with Crippen molar-refractivity contribution < 1.29 is 9.53 Å². The number of nitrogens with one attached hydrogen (secondary N) is 1. The molecular formula is C22H28N2O2. The molecule has 1 saturated heterocycles. The van der Waals surface area contributed by atoms with Crippen molar-refractivity contribution in [3.05, 3.63) is 65.7 Å². The summed E-state index contributed by atoms with van der Waals surface area (Å²) in [6.45, 7) is 2.56. The minimum atomic E-state index is 0.304. The van der Waals surface area contributed by atoms with Crippen LogP contribution in [0.15, 0.2) is 54.6 Å². The topological polar surface area (TPSA) is 41.6 Å². The van der Waals surface area contributed by atoms with E-state index in [2.05, 4.69) is 46.6 Å². The number of ether oxygens (including phenoxy) is 1. The van der Waals surface area contributed by atoms with Crippen LogP contribution in [0.2, 0.25) is 0 Å². The largest absolute Gasteiger partial charge is 0.497 e. The van der Waals surface area contributed by atoms with Crippen LogP contribution in [0.5, 0.6) is 5.75 Å². The molecule has 4 heteroatoms. The molecule has 1 N–H and O–H groups in total. The van der Waals surface area contributed by atoms with Gasteiger partial charge in [0.15, 0.2) is 0 Å². The third kappa shape index (κ3) is 5.09. The molecule has 4 nitrogen and oxygen atoms in total. The fourth-order valence-electron chi connectivity index (χ4n) is 3.58. The highest BCUT2D eigenvalue weighted by Crippen LogP contribution is 2.21. The molecule has 2 aromatic carbocycles. The Morgan fingerprint density at radius 3 is 2.73 bits per heavy atom. The number of likely N-dealkylation sites (tertiary alicyclic amines) is 1. The Labute approximate surface area is 156 Å². The number of carbonyl (C=O) groups is 1. The van der Waals surface area contributed by atoms with Crippen LogP contribution in [-0.2, 0) is 17.8 Å². The molecule has 0 saturated carbocycles. The molecule has 26 heavy (non-hydrogen) atoms. The van der Waals surface area contributed by atoms with E-state index in [1.165, 1.54) is 11.1 Å². The van der Waals surface area contributed by atoms with E-state index < -0.39 is 0 Å². The van der Waals surface area contributed by atoms with Crippen LogP contribution in [0.3, 0.4) is 0 Å². The maximum absolute atomic E-state index is 12.2. The van der Waals surface area contributed by atoms with Gasteiger partial charge in [0.1, 0.15) is 5.75 Å². The number of benzene rings is 2. The van der Waals surface area contributed by atoms with Gasteiger partial charge >= 0.3 is 0 Å². The summed E-state index contributed by atoms with van der Waals surface area (Å²) >= 11 is 0. The molecule has 1 amide bonds. The van der Waals surface area contributed by atoms with Crippen molar-refractivity contribution in [1.29, 1.82) is 0 Å². The van der Waals surface area contributed by atoms with E-state index in [0.29, 0.717) is 18.4 Å². The van der Waals surface area contributed by atoms with Crippen molar-refractivity contribution in [2.24, 2.45) is 0 Å². The maximum atomic E-state index is 12.2. The number of amides is 1. The molecule has 0 unspecified atom stereocenters. The van der Waals surface area contributed by atoms with Crippen molar-refractivity contribution in [2.75, 3.05) is 20.2 Å². The van der Waals surface area contributed by atoms with Crippen LogP contribution in [0, 0.1) is 0 Å². The lowest BCUT2D eigenvalue weighted by Gasteiger charge is -2.25. The standard InChI is InChI=1S/C22H28N2O2/c1-26-21-9-5-8-19(16-21)17-23-14-12-20-10-11-22(25)24(20)15-13-18-6-3-2-4-7-18/h2-9,16,20,23H,10-15,17H2,1H3/t20-/m1/s1. The van der Waals surface area contributed by atoms with Gasteiger partial charge in [-0.1, -0.05) is 42.5 Å². The Kier molecular flexibility index (Phi) is 6.67.